The summed E-state index contributed by atoms with van der Waals surface area (Å²) >= 11 is 9.55. The molecule has 1 aromatic carbocycles. The van der Waals surface area contributed by atoms with E-state index in [0.717, 1.165) is 15.1 Å². The predicted molar refractivity (Wildman–Crippen MR) is 67.9 cm³/mol. The molecule has 2 aromatic rings. The van der Waals surface area contributed by atoms with E-state index in [-0.39, 0.29) is 0 Å². The van der Waals surface area contributed by atoms with Gasteiger partial charge in [-0.25, -0.2) is 0 Å². The zero-order valence-corrected chi connectivity index (χ0v) is 10.9. The Morgan fingerprint density at radius 3 is 3.00 bits per heavy atom. The molecule has 0 fully saturated rings. The van der Waals surface area contributed by atoms with E-state index < -0.39 is 0 Å². The second-order valence-electron chi connectivity index (χ2n) is 2.83. The Kier molecular flexibility index (Phi) is 3.04. The van der Waals surface area contributed by atoms with Gasteiger partial charge in [-0.05, 0) is 35.0 Å². The van der Waals surface area contributed by atoms with Crippen LogP contribution in [0, 0.1) is 0 Å². The quantitative estimate of drug-likeness (QED) is 0.809. The maximum atomic E-state index is 5.49. The zero-order chi connectivity index (χ0) is 10.1. The number of fused-ring (bicyclic) bond motifs is 1. The molecule has 0 bridgehead atoms. The van der Waals surface area contributed by atoms with Gasteiger partial charge in [0.15, 0.2) is 0 Å². The number of benzene rings is 1. The minimum atomic E-state index is 0.684. The first-order chi connectivity index (χ1) is 6.72. The maximum Gasteiger partial charge on any atom is 0.134 e. The molecule has 4 heteroatoms. The lowest BCUT2D eigenvalue weighted by Gasteiger charge is -2.05. The van der Waals surface area contributed by atoms with Crippen LogP contribution < -0.4 is 4.74 Å². The van der Waals surface area contributed by atoms with Gasteiger partial charge in [-0.3, -0.25) is 0 Å². The summed E-state index contributed by atoms with van der Waals surface area (Å²) in [7, 11) is 0. The molecule has 1 aromatic heterocycles. The number of rotatable bonds is 2. The summed E-state index contributed by atoms with van der Waals surface area (Å²) in [5.74, 6) is 0.898. The summed E-state index contributed by atoms with van der Waals surface area (Å²) in [6, 6.07) is 4.10. The van der Waals surface area contributed by atoms with Gasteiger partial charge in [-0.15, -0.1) is 24.0 Å². The molecule has 0 atom stereocenters. The van der Waals surface area contributed by atoms with Crippen LogP contribution in [0.15, 0.2) is 26.9 Å². The monoisotopic (exact) mass is 288 g/mol. The smallest absolute Gasteiger partial charge is 0.134 e. The van der Waals surface area contributed by atoms with Gasteiger partial charge in [0.25, 0.3) is 0 Å². The van der Waals surface area contributed by atoms with Gasteiger partial charge < -0.3 is 4.74 Å². The van der Waals surface area contributed by atoms with Crippen molar-refractivity contribution in [3.05, 3.63) is 22.0 Å². The third kappa shape index (κ3) is 1.78. The molecule has 0 amide bonds. The molecule has 0 aliphatic carbocycles. The van der Waals surface area contributed by atoms with E-state index in [1.54, 1.807) is 11.3 Å². The van der Waals surface area contributed by atoms with Crippen molar-refractivity contribution in [3.63, 3.8) is 0 Å². The second kappa shape index (κ2) is 4.13. The van der Waals surface area contributed by atoms with Crippen LogP contribution in [-0.4, -0.2) is 6.61 Å². The fourth-order valence-corrected chi connectivity index (χ4v) is 2.99. The van der Waals surface area contributed by atoms with Crippen molar-refractivity contribution >= 4 is 50.0 Å². The molecule has 0 spiro atoms. The highest BCUT2D eigenvalue weighted by atomic mass is 79.9. The first kappa shape index (κ1) is 10.3. The van der Waals surface area contributed by atoms with E-state index in [4.69, 9.17) is 4.74 Å². The highest BCUT2D eigenvalue weighted by molar-refractivity contribution is 9.10. The first-order valence-corrected chi connectivity index (χ1v) is 6.37. The van der Waals surface area contributed by atoms with E-state index in [2.05, 4.69) is 34.6 Å². The second-order valence-corrected chi connectivity index (χ2v) is 5.08. The minimum Gasteiger partial charge on any atom is -0.493 e. The minimum absolute atomic E-state index is 0.684. The average molecular weight is 289 g/mol. The summed E-state index contributed by atoms with van der Waals surface area (Å²) in [5, 5.41) is 3.21. The lowest BCUT2D eigenvalue weighted by atomic mass is 10.2. The molecule has 74 valence electrons. The van der Waals surface area contributed by atoms with Crippen molar-refractivity contribution < 1.29 is 4.74 Å². The van der Waals surface area contributed by atoms with Crippen LogP contribution in [0.1, 0.15) is 6.92 Å². The Morgan fingerprint density at radius 1 is 1.50 bits per heavy atom. The third-order valence-corrected chi connectivity index (χ3v) is 4.02. The molecule has 1 nitrogen and oxygen atoms in total. The topological polar surface area (TPSA) is 9.23 Å². The predicted octanol–water partition coefficient (Wildman–Crippen LogP) is 4.35. The Labute approximate surface area is 101 Å². The van der Waals surface area contributed by atoms with Crippen LogP contribution in [0.4, 0.5) is 0 Å². The van der Waals surface area contributed by atoms with E-state index in [9.17, 15) is 0 Å². The Balaban J connectivity index is 2.60. The molecule has 0 saturated carbocycles. The number of halogens is 1. The highest BCUT2D eigenvalue weighted by Crippen LogP contribution is 2.36. The van der Waals surface area contributed by atoms with Crippen molar-refractivity contribution in [2.45, 2.75) is 11.8 Å². The highest BCUT2D eigenvalue weighted by Gasteiger charge is 2.06. The Bertz CT molecular complexity index is 464. The van der Waals surface area contributed by atoms with Crippen molar-refractivity contribution in [2.24, 2.45) is 0 Å². The molecule has 2 rings (SSSR count). The van der Waals surface area contributed by atoms with Crippen molar-refractivity contribution in [2.75, 3.05) is 6.61 Å². The van der Waals surface area contributed by atoms with E-state index in [0.29, 0.717) is 6.61 Å². The van der Waals surface area contributed by atoms with Crippen LogP contribution in [0.5, 0.6) is 5.75 Å². The van der Waals surface area contributed by atoms with E-state index in [1.807, 2.05) is 18.4 Å². The number of hydrogen-bond acceptors (Lipinski definition) is 3. The number of thiol groups is 1. The first-order valence-electron chi connectivity index (χ1n) is 4.25. The van der Waals surface area contributed by atoms with Crippen molar-refractivity contribution in [1.82, 2.24) is 0 Å². The van der Waals surface area contributed by atoms with Gasteiger partial charge in [-0.2, -0.15) is 0 Å². The van der Waals surface area contributed by atoms with E-state index in [1.165, 1.54) is 10.1 Å². The van der Waals surface area contributed by atoms with Crippen LogP contribution in [0.2, 0.25) is 0 Å². The van der Waals surface area contributed by atoms with Gasteiger partial charge in [0.1, 0.15) is 5.75 Å². The summed E-state index contributed by atoms with van der Waals surface area (Å²) in [4.78, 5) is 1.02. The molecular formula is C10H9BrOS2. The van der Waals surface area contributed by atoms with Gasteiger partial charge in [-0.1, -0.05) is 0 Å². The zero-order valence-electron chi connectivity index (χ0n) is 7.58. The molecule has 14 heavy (non-hydrogen) atoms. The largest absolute Gasteiger partial charge is 0.493 e. The lowest BCUT2D eigenvalue weighted by Crippen LogP contribution is -1.91. The fourth-order valence-electron chi connectivity index (χ4n) is 1.28. The average Bonchev–Trinajstić information content (AvgIpc) is 2.50. The fraction of sp³-hybridized carbons (Fsp3) is 0.200. The molecule has 0 aliphatic heterocycles. The van der Waals surface area contributed by atoms with E-state index >= 15 is 0 Å². The molecule has 1 heterocycles. The van der Waals surface area contributed by atoms with Crippen LogP contribution in [0.25, 0.3) is 10.1 Å². The summed E-state index contributed by atoms with van der Waals surface area (Å²) in [5.41, 5.74) is 0. The normalized spacial score (nSPS) is 10.8. The van der Waals surface area contributed by atoms with Crippen LogP contribution in [-0.2, 0) is 0 Å². The molecule has 0 saturated heterocycles. The molecule has 0 aliphatic rings. The van der Waals surface area contributed by atoms with Crippen LogP contribution in [0.3, 0.4) is 0 Å². The molecule has 0 unspecified atom stereocenters. The Hall–Kier alpha value is -0.190. The SMILES string of the molecule is CCOc1cc2scc(S)c2cc1Br. The summed E-state index contributed by atoms with van der Waals surface area (Å²) in [6.07, 6.45) is 0. The van der Waals surface area contributed by atoms with Crippen molar-refractivity contribution in [3.8, 4) is 5.75 Å². The standard InChI is InChI=1S/C10H9BrOS2/c1-2-12-8-4-10-6(3-7(8)11)9(13)5-14-10/h3-5,13H,2H2,1H3. The van der Waals surface area contributed by atoms with Crippen LogP contribution >= 0.6 is 39.9 Å². The summed E-state index contributed by atoms with van der Waals surface area (Å²) < 4.78 is 7.69. The number of thiophene rings is 1. The maximum absolute atomic E-state index is 5.49. The van der Waals surface area contributed by atoms with Crippen molar-refractivity contribution in [1.29, 1.82) is 0 Å². The van der Waals surface area contributed by atoms with Gasteiger partial charge in [0.05, 0.1) is 11.1 Å². The summed E-state index contributed by atoms with van der Waals surface area (Å²) in [6.45, 7) is 2.66. The lowest BCUT2D eigenvalue weighted by molar-refractivity contribution is 0.338. The van der Waals surface area contributed by atoms with Gasteiger partial charge in [0.2, 0.25) is 0 Å². The third-order valence-electron chi connectivity index (χ3n) is 1.91. The van der Waals surface area contributed by atoms with Gasteiger partial charge in [0, 0.05) is 20.4 Å². The number of hydrogen-bond donors (Lipinski definition) is 1. The van der Waals surface area contributed by atoms with Gasteiger partial charge >= 0.3 is 0 Å². The molecule has 0 radical (unpaired) electrons. The Morgan fingerprint density at radius 2 is 2.29 bits per heavy atom. The molecular weight excluding hydrogens is 280 g/mol. The molecule has 0 N–H and O–H groups in total. The number of ether oxygens (including phenoxy) is 1.